The van der Waals surface area contributed by atoms with Gasteiger partial charge in [-0.1, -0.05) is 11.6 Å². The average molecular weight is 424 g/mol. The Morgan fingerprint density at radius 2 is 1.83 bits per heavy atom. The lowest BCUT2D eigenvalue weighted by molar-refractivity contribution is -0.695. The fourth-order valence-corrected chi connectivity index (χ4v) is 2.16. The molecule has 0 aliphatic rings. The van der Waals surface area contributed by atoms with Crippen LogP contribution in [-0.2, 0) is 17.5 Å². The van der Waals surface area contributed by atoms with Gasteiger partial charge in [0.05, 0.1) is 17.7 Å². The Hall–Kier alpha value is -1.60. The number of rotatable bonds is 4. The molecule has 1 aromatic heterocycles. The van der Waals surface area contributed by atoms with E-state index in [1.807, 2.05) is 31.5 Å². The molecule has 0 atom stereocenters. The summed E-state index contributed by atoms with van der Waals surface area (Å²) in [4.78, 5) is 11.9. The van der Waals surface area contributed by atoms with Crippen LogP contribution >= 0.6 is 11.6 Å². The number of aromatic nitrogens is 1. The van der Waals surface area contributed by atoms with Gasteiger partial charge < -0.3 is 22.3 Å². The van der Waals surface area contributed by atoms with Crippen LogP contribution in [0.15, 0.2) is 42.7 Å². The summed E-state index contributed by atoms with van der Waals surface area (Å²) >= 11 is 5.60. The van der Waals surface area contributed by atoms with Crippen LogP contribution in [0.1, 0.15) is 17.5 Å². The molecule has 130 valence electrons. The maximum atomic E-state index is 13.0. The Labute approximate surface area is 153 Å². The number of hydrogen-bond donors (Lipinski definition) is 1. The van der Waals surface area contributed by atoms with Crippen LogP contribution < -0.4 is 26.9 Å². The first-order chi connectivity index (χ1) is 10.8. The molecule has 24 heavy (non-hydrogen) atoms. The van der Waals surface area contributed by atoms with E-state index in [-0.39, 0.29) is 34.1 Å². The van der Waals surface area contributed by atoms with E-state index >= 15 is 0 Å². The molecule has 2 aromatic rings. The second-order valence-corrected chi connectivity index (χ2v) is 5.54. The van der Waals surface area contributed by atoms with Crippen LogP contribution in [0.5, 0.6) is 0 Å². The minimum absolute atomic E-state index is 0. The van der Waals surface area contributed by atoms with Crippen molar-refractivity contribution in [2.75, 3.05) is 5.32 Å². The predicted molar refractivity (Wildman–Crippen MR) is 81.1 cm³/mol. The molecule has 2 rings (SSSR count). The van der Waals surface area contributed by atoms with Gasteiger partial charge in [-0.25, -0.2) is 4.57 Å². The van der Waals surface area contributed by atoms with E-state index in [0.29, 0.717) is 6.54 Å². The summed E-state index contributed by atoms with van der Waals surface area (Å²) in [5, 5.41) is 2.26. The number of nitrogens with zero attached hydrogens (tertiary/aromatic N) is 1. The molecule has 0 bridgehead atoms. The molecule has 3 nitrogen and oxygen atoms in total. The molecule has 0 fully saturated rings. The standard InChI is InChI=1S/C16H14ClF3N2O.BrH/c1-11-4-7-22(8-5-11)9-6-15(23)21-14-3-2-12(17)10-13(14)16(18,19)20;/h2-5,7-8,10H,6,9H2,1H3;1H. The zero-order valence-corrected chi connectivity index (χ0v) is 15.0. The van der Waals surface area contributed by atoms with E-state index in [0.717, 1.165) is 17.7 Å². The first-order valence-corrected chi connectivity index (χ1v) is 7.26. The summed E-state index contributed by atoms with van der Waals surface area (Å²) in [7, 11) is 0. The number of halogens is 5. The maximum Gasteiger partial charge on any atom is 0.418 e. The lowest BCUT2D eigenvalue weighted by Gasteiger charge is -2.13. The Morgan fingerprint density at radius 3 is 2.42 bits per heavy atom. The largest absolute Gasteiger partial charge is 1.00 e. The van der Waals surface area contributed by atoms with Crippen molar-refractivity contribution in [3.05, 3.63) is 58.9 Å². The number of anilines is 1. The van der Waals surface area contributed by atoms with E-state index in [9.17, 15) is 18.0 Å². The molecule has 1 heterocycles. The minimum atomic E-state index is -4.58. The maximum absolute atomic E-state index is 13.0. The van der Waals surface area contributed by atoms with Gasteiger partial charge in [-0.3, -0.25) is 4.79 Å². The van der Waals surface area contributed by atoms with Gasteiger partial charge in [-0.05, 0) is 30.7 Å². The smallest absolute Gasteiger partial charge is 0.418 e. The summed E-state index contributed by atoms with van der Waals surface area (Å²) in [5.41, 5.74) is -0.163. The van der Waals surface area contributed by atoms with Gasteiger partial charge in [0.1, 0.15) is 0 Å². The molecular formula is C16H15BrClF3N2O. The molecule has 0 radical (unpaired) electrons. The topological polar surface area (TPSA) is 33.0 Å². The summed E-state index contributed by atoms with van der Waals surface area (Å²) in [6.45, 7) is 2.32. The number of pyridine rings is 1. The molecule has 0 aliphatic carbocycles. The number of nitrogens with one attached hydrogen (secondary N) is 1. The van der Waals surface area contributed by atoms with Gasteiger partial charge in [0.2, 0.25) is 5.91 Å². The summed E-state index contributed by atoms with van der Waals surface area (Å²) in [6, 6.07) is 7.03. The molecule has 1 N–H and O–H groups in total. The minimum Gasteiger partial charge on any atom is -1.00 e. The van der Waals surface area contributed by atoms with Crippen LogP contribution in [0, 0.1) is 6.92 Å². The first kappa shape index (κ1) is 20.4. The third kappa shape index (κ3) is 5.79. The van der Waals surface area contributed by atoms with Crippen molar-refractivity contribution in [2.24, 2.45) is 0 Å². The first-order valence-electron chi connectivity index (χ1n) is 6.88. The van der Waals surface area contributed by atoms with Crippen LogP contribution in [0.2, 0.25) is 5.02 Å². The molecule has 1 amide bonds. The van der Waals surface area contributed by atoms with Crippen LogP contribution in [0.3, 0.4) is 0 Å². The monoisotopic (exact) mass is 422 g/mol. The Bertz CT molecular complexity index is 705. The number of alkyl halides is 3. The van der Waals surface area contributed by atoms with Gasteiger partial charge in [-0.2, -0.15) is 13.2 Å². The van der Waals surface area contributed by atoms with E-state index in [1.165, 1.54) is 6.07 Å². The Balaban J connectivity index is 0.00000288. The molecule has 0 saturated heterocycles. The molecule has 0 spiro atoms. The van der Waals surface area contributed by atoms with Crippen LogP contribution in [-0.4, -0.2) is 5.91 Å². The second-order valence-electron chi connectivity index (χ2n) is 5.10. The van der Waals surface area contributed by atoms with E-state index in [1.54, 1.807) is 4.57 Å². The van der Waals surface area contributed by atoms with Crippen molar-refractivity contribution in [3.63, 3.8) is 0 Å². The normalized spacial score (nSPS) is 10.9. The summed E-state index contributed by atoms with van der Waals surface area (Å²) < 4.78 is 40.7. The highest BCUT2D eigenvalue weighted by Crippen LogP contribution is 2.36. The third-order valence-electron chi connectivity index (χ3n) is 3.22. The lowest BCUT2D eigenvalue weighted by atomic mass is 10.1. The van der Waals surface area contributed by atoms with Gasteiger partial charge in [0.15, 0.2) is 18.9 Å². The average Bonchev–Trinajstić information content (AvgIpc) is 2.47. The van der Waals surface area contributed by atoms with Gasteiger partial charge in [0, 0.05) is 17.2 Å². The van der Waals surface area contributed by atoms with Gasteiger partial charge in [-0.15, -0.1) is 0 Å². The zero-order chi connectivity index (χ0) is 17.0. The van der Waals surface area contributed by atoms with Gasteiger partial charge in [0.25, 0.3) is 0 Å². The highest BCUT2D eigenvalue weighted by molar-refractivity contribution is 6.30. The molecule has 8 heteroatoms. The molecule has 1 aromatic carbocycles. The molecule has 0 aliphatic heterocycles. The van der Waals surface area contributed by atoms with Crippen molar-refractivity contribution < 1.29 is 39.5 Å². The fraction of sp³-hybridized carbons (Fsp3) is 0.250. The van der Waals surface area contributed by atoms with Crippen molar-refractivity contribution in [2.45, 2.75) is 26.1 Å². The van der Waals surface area contributed by atoms with E-state index in [2.05, 4.69) is 5.32 Å². The zero-order valence-electron chi connectivity index (χ0n) is 12.7. The van der Waals surface area contributed by atoms with Gasteiger partial charge >= 0.3 is 6.18 Å². The van der Waals surface area contributed by atoms with Crippen molar-refractivity contribution in [1.82, 2.24) is 0 Å². The van der Waals surface area contributed by atoms with Crippen LogP contribution in [0.25, 0.3) is 0 Å². The highest BCUT2D eigenvalue weighted by atomic mass is 79.9. The SMILES string of the molecule is Cc1cc[n+](CCC(=O)Nc2ccc(Cl)cc2C(F)(F)F)cc1.[Br-]. The summed E-state index contributed by atoms with van der Waals surface area (Å²) in [6.07, 6.45) is -0.898. The van der Waals surface area contributed by atoms with Crippen LogP contribution in [0.4, 0.5) is 18.9 Å². The van der Waals surface area contributed by atoms with E-state index in [4.69, 9.17) is 11.6 Å². The number of benzene rings is 1. The number of hydrogen-bond acceptors (Lipinski definition) is 1. The third-order valence-corrected chi connectivity index (χ3v) is 3.45. The quantitative estimate of drug-likeness (QED) is 0.731. The highest BCUT2D eigenvalue weighted by Gasteiger charge is 2.34. The Kier molecular flexibility index (Phi) is 7.23. The number of aryl methyl sites for hydroxylation is 2. The van der Waals surface area contributed by atoms with Crippen molar-refractivity contribution in [1.29, 1.82) is 0 Å². The summed E-state index contributed by atoms with van der Waals surface area (Å²) in [5.74, 6) is -0.495. The second kappa shape index (κ2) is 8.48. The van der Waals surface area contributed by atoms with Crippen molar-refractivity contribution >= 4 is 23.2 Å². The molecule has 0 unspecified atom stereocenters. The lowest BCUT2D eigenvalue weighted by Crippen LogP contribution is -3.00. The fourth-order valence-electron chi connectivity index (χ4n) is 1.98. The van der Waals surface area contributed by atoms with E-state index < -0.39 is 17.6 Å². The number of carbonyl (C=O) groups is 1. The number of carbonyl (C=O) groups excluding carboxylic acids is 1. The number of amides is 1. The van der Waals surface area contributed by atoms with Crippen molar-refractivity contribution in [3.8, 4) is 0 Å². The molecule has 0 saturated carbocycles. The predicted octanol–water partition coefficient (Wildman–Crippen LogP) is 0.988. The molecular weight excluding hydrogens is 409 g/mol. The Morgan fingerprint density at radius 1 is 1.21 bits per heavy atom.